The van der Waals surface area contributed by atoms with Gasteiger partial charge in [-0.05, 0) is 71.3 Å². The highest BCUT2D eigenvalue weighted by atomic mass is 16.6. The number of carbonyl (C=O) groups is 2. The van der Waals surface area contributed by atoms with Gasteiger partial charge in [-0.3, -0.25) is 4.99 Å². The Kier molecular flexibility index (Phi) is 9.26. The number of ether oxygens (including phenoxy) is 2. The molecule has 0 atom stereocenters. The first-order valence-corrected chi connectivity index (χ1v) is 9.57. The Morgan fingerprint density at radius 3 is 2.33 bits per heavy atom. The van der Waals surface area contributed by atoms with E-state index in [4.69, 9.17) is 9.47 Å². The number of hydrogen-bond acceptors (Lipinski definition) is 5. The van der Waals surface area contributed by atoms with Crippen LogP contribution in [0.15, 0.2) is 29.3 Å². The number of hydrogen-bond donors (Lipinski definition) is 1. The summed E-state index contributed by atoms with van der Waals surface area (Å²) in [5.74, 6) is 0.198. The SMILES string of the molecule is C=CC(=NC)/C(=C\CCC1CCC(NC(=O)OC(C)(C)C)CC1)C(=O)OC. The van der Waals surface area contributed by atoms with Gasteiger partial charge in [0.05, 0.1) is 18.4 Å². The Hall–Kier alpha value is -2.11. The molecule has 1 aliphatic carbocycles. The highest BCUT2D eigenvalue weighted by molar-refractivity contribution is 6.24. The summed E-state index contributed by atoms with van der Waals surface area (Å²) in [4.78, 5) is 27.9. The molecule has 0 aromatic rings. The predicted molar refractivity (Wildman–Crippen MR) is 108 cm³/mol. The quantitative estimate of drug-likeness (QED) is 0.409. The maximum absolute atomic E-state index is 11.9. The minimum Gasteiger partial charge on any atom is -0.465 e. The second kappa shape index (κ2) is 10.9. The van der Waals surface area contributed by atoms with Crippen LogP contribution in [0.25, 0.3) is 0 Å². The van der Waals surface area contributed by atoms with Crippen molar-refractivity contribution < 1.29 is 19.1 Å². The van der Waals surface area contributed by atoms with Crippen molar-refractivity contribution in [1.82, 2.24) is 5.32 Å². The van der Waals surface area contributed by atoms with E-state index in [9.17, 15) is 9.59 Å². The lowest BCUT2D eigenvalue weighted by Crippen LogP contribution is -2.40. The van der Waals surface area contributed by atoms with Crippen molar-refractivity contribution >= 4 is 17.8 Å². The van der Waals surface area contributed by atoms with Gasteiger partial charge in [0.2, 0.25) is 0 Å². The van der Waals surface area contributed by atoms with Crippen LogP contribution in [0.1, 0.15) is 59.3 Å². The third kappa shape index (κ3) is 8.41. The molecule has 0 saturated heterocycles. The molecule has 1 amide bonds. The average molecular weight is 379 g/mol. The molecule has 1 N–H and O–H groups in total. The molecular weight excluding hydrogens is 344 g/mol. The molecule has 152 valence electrons. The van der Waals surface area contributed by atoms with Gasteiger partial charge >= 0.3 is 12.1 Å². The van der Waals surface area contributed by atoms with Crippen molar-refractivity contribution in [3.05, 3.63) is 24.3 Å². The minimum atomic E-state index is -0.475. The summed E-state index contributed by atoms with van der Waals surface area (Å²) in [5.41, 5.74) is 0.541. The summed E-state index contributed by atoms with van der Waals surface area (Å²) in [7, 11) is 3.00. The fourth-order valence-electron chi connectivity index (χ4n) is 3.26. The van der Waals surface area contributed by atoms with Gasteiger partial charge in [0.1, 0.15) is 5.60 Å². The third-order valence-electron chi connectivity index (χ3n) is 4.61. The number of aliphatic imine (C=N–C) groups is 1. The van der Waals surface area contributed by atoms with Crippen LogP contribution in [0.4, 0.5) is 4.79 Å². The summed E-state index contributed by atoms with van der Waals surface area (Å²) in [6.45, 7) is 9.28. The summed E-state index contributed by atoms with van der Waals surface area (Å²) >= 11 is 0. The molecular formula is C21H34N2O4. The molecule has 6 heteroatoms. The Bertz CT molecular complexity index is 579. The van der Waals surface area contributed by atoms with E-state index in [2.05, 4.69) is 16.9 Å². The minimum absolute atomic E-state index is 0.178. The van der Waals surface area contributed by atoms with E-state index in [1.807, 2.05) is 26.8 Å². The third-order valence-corrected chi connectivity index (χ3v) is 4.61. The first-order chi connectivity index (χ1) is 12.7. The molecule has 1 aliphatic rings. The molecule has 0 heterocycles. The van der Waals surface area contributed by atoms with Crippen LogP contribution in [-0.2, 0) is 14.3 Å². The van der Waals surface area contributed by atoms with E-state index < -0.39 is 5.60 Å². The number of methoxy groups -OCH3 is 1. The number of nitrogens with zero attached hydrogens (tertiary/aromatic N) is 1. The molecule has 1 rings (SSSR count). The van der Waals surface area contributed by atoms with Crippen molar-refractivity contribution in [3.63, 3.8) is 0 Å². The van der Waals surface area contributed by atoms with Crippen LogP contribution in [-0.4, -0.2) is 43.6 Å². The topological polar surface area (TPSA) is 77.0 Å². The largest absolute Gasteiger partial charge is 0.465 e. The van der Waals surface area contributed by atoms with Crippen molar-refractivity contribution in [2.45, 2.75) is 70.9 Å². The van der Waals surface area contributed by atoms with E-state index in [1.165, 1.54) is 7.11 Å². The van der Waals surface area contributed by atoms with Crippen LogP contribution in [0.5, 0.6) is 0 Å². The highest BCUT2D eigenvalue weighted by Gasteiger charge is 2.24. The van der Waals surface area contributed by atoms with Crippen LogP contribution in [0, 0.1) is 5.92 Å². The Morgan fingerprint density at radius 2 is 1.85 bits per heavy atom. The van der Waals surface area contributed by atoms with Crippen LogP contribution in [0.2, 0.25) is 0 Å². The Labute approximate surface area is 163 Å². The van der Waals surface area contributed by atoms with Gasteiger partial charge in [-0.1, -0.05) is 12.7 Å². The average Bonchev–Trinajstić information content (AvgIpc) is 2.60. The number of carbonyl (C=O) groups excluding carboxylic acids is 2. The molecule has 0 aromatic heterocycles. The van der Waals surface area contributed by atoms with Crippen molar-refractivity contribution in [1.29, 1.82) is 0 Å². The Morgan fingerprint density at radius 1 is 1.22 bits per heavy atom. The predicted octanol–water partition coefficient (Wildman–Crippen LogP) is 4.21. The normalized spacial score (nSPS) is 21.4. The molecule has 0 bridgehead atoms. The molecule has 0 aliphatic heterocycles. The number of allylic oxidation sites excluding steroid dienone is 2. The number of nitrogens with one attached hydrogen (secondary N) is 1. The molecule has 0 unspecified atom stereocenters. The van der Waals surface area contributed by atoms with Crippen molar-refractivity contribution in [2.24, 2.45) is 10.9 Å². The fraction of sp³-hybridized carbons (Fsp3) is 0.667. The summed E-state index contributed by atoms with van der Waals surface area (Å²) in [6, 6.07) is 0.178. The number of rotatable bonds is 7. The van der Waals surface area contributed by atoms with Crippen LogP contribution >= 0.6 is 0 Å². The monoisotopic (exact) mass is 378 g/mol. The summed E-state index contributed by atoms with van der Waals surface area (Å²) in [5, 5.41) is 2.96. The van der Waals surface area contributed by atoms with Crippen LogP contribution in [0.3, 0.4) is 0 Å². The molecule has 27 heavy (non-hydrogen) atoms. The van der Waals surface area contributed by atoms with Gasteiger partial charge in [-0.25, -0.2) is 9.59 Å². The standard InChI is InChI=1S/C21H34N2O4/c1-7-18(22-5)17(19(24)26-6)10-8-9-15-11-13-16(14-12-15)23-20(25)27-21(2,3)4/h7,10,15-16H,1,8-9,11-14H2,2-6H3,(H,23,25)/b17-10+,22-18?. The lowest BCUT2D eigenvalue weighted by atomic mass is 9.83. The molecule has 0 radical (unpaired) electrons. The van der Waals surface area contributed by atoms with Gasteiger partial charge in [-0.15, -0.1) is 0 Å². The summed E-state index contributed by atoms with van der Waals surface area (Å²) < 4.78 is 10.2. The van der Waals surface area contributed by atoms with Gasteiger partial charge in [0.25, 0.3) is 0 Å². The molecule has 6 nitrogen and oxygen atoms in total. The second-order valence-electron chi connectivity index (χ2n) is 7.86. The highest BCUT2D eigenvalue weighted by Crippen LogP contribution is 2.28. The zero-order valence-electron chi connectivity index (χ0n) is 17.3. The second-order valence-corrected chi connectivity index (χ2v) is 7.86. The van der Waals surface area contributed by atoms with E-state index in [0.29, 0.717) is 17.2 Å². The molecule has 0 aromatic carbocycles. The van der Waals surface area contributed by atoms with Gasteiger partial charge in [0, 0.05) is 13.1 Å². The van der Waals surface area contributed by atoms with Crippen molar-refractivity contribution in [3.8, 4) is 0 Å². The van der Waals surface area contributed by atoms with E-state index in [1.54, 1.807) is 13.1 Å². The van der Waals surface area contributed by atoms with E-state index >= 15 is 0 Å². The maximum atomic E-state index is 11.9. The number of esters is 1. The number of alkyl carbamates (subject to hydrolysis) is 1. The fourth-order valence-corrected chi connectivity index (χ4v) is 3.26. The molecule has 1 fully saturated rings. The van der Waals surface area contributed by atoms with Crippen molar-refractivity contribution in [2.75, 3.05) is 14.2 Å². The van der Waals surface area contributed by atoms with Gasteiger partial charge < -0.3 is 14.8 Å². The molecule has 0 spiro atoms. The van der Waals surface area contributed by atoms with E-state index in [-0.39, 0.29) is 18.1 Å². The van der Waals surface area contributed by atoms with E-state index in [0.717, 1.165) is 38.5 Å². The molecule has 1 saturated carbocycles. The van der Waals surface area contributed by atoms with Crippen LogP contribution < -0.4 is 5.32 Å². The zero-order chi connectivity index (χ0) is 20.4. The Balaban J connectivity index is 2.47. The van der Waals surface area contributed by atoms with Gasteiger partial charge in [-0.2, -0.15) is 0 Å². The first kappa shape index (κ1) is 22.9. The number of amides is 1. The summed E-state index contributed by atoms with van der Waals surface area (Å²) in [6.07, 6.45) is 8.90. The first-order valence-electron chi connectivity index (χ1n) is 9.57. The lowest BCUT2D eigenvalue weighted by molar-refractivity contribution is -0.135. The zero-order valence-corrected chi connectivity index (χ0v) is 17.3. The smallest absolute Gasteiger partial charge is 0.407 e. The maximum Gasteiger partial charge on any atom is 0.407 e. The van der Waals surface area contributed by atoms with Gasteiger partial charge in [0.15, 0.2) is 0 Å². The lowest BCUT2D eigenvalue weighted by Gasteiger charge is -2.30.